The van der Waals surface area contributed by atoms with Crippen molar-refractivity contribution in [3.8, 4) is 0 Å². The number of unbranched alkanes of at least 4 members (excludes halogenated alkanes) is 1. The van der Waals surface area contributed by atoms with Gasteiger partial charge in [-0.2, -0.15) is 0 Å². The number of carbonyl (C=O) groups is 4. The molecule has 2 unspecified atom stereocenters. The first-order valence-corrected chi connectivity index (χ1v) is 12.3. The summed E-state index contributed by atoms with van der Waals surface area (Å²) in [5, 5.41) is 12.9. The molecule has 35 heavy (non-hydrogen) atoms. The predicted octanol–water partition coefficient (Wildman–Crippen LogP) is 4.94. The van der Waals surface area contributed by atoms with Crippen LogP contribution in [0.5, 0.6) is 0 Å². The maximum absolute atomic E-state index is 14.0. The van der Waals surface area contributed by atoms with E-state index in [4.69, 9.17) is 5.73 Å². The molecule has 2 aromatic carbocycles. The van der Waals surface area contributed by atoms with Gasteiger partial charge in [0.2, 0.25) is 17.5 Å². The predicted molar refractivity (Wildman–Crippen MR) is 135 cm³/mol. The van der Waals surface area contributed by atoms with E-state index in [1.54, 1.807) is 30.3 Å². The first kappa shape index (κ1) is 26.1. The third kappa shape index (κ3) is 4.59. The number of benzene rings is 2. The molecule has 7 nitrogen and oxygen atoms in total. The van der Waals surface area contributed by atoms with Crippen molar-refractivity contribution in [3.05, 3.63) is 64.2 Å². The summed E-state index contributed by atoms with van der Waals surface area (Å²) in [4.78, 5) is 53.4. The Bertz CT molecular complexity index is 1170. The van der Waals surface area contributed by atoms with Crippen LogP contribution in [0.2, 0.25) is 0 Å². The van der Waals surface area contributed by atoms with Crippen molar-refractivity contribution in [2.75, 3.05) is 5.73 Å². The number of nitrogens with two attached hydrogens (primary N) is 1. The van der Waals surface area contributed by atoms with Crippen LogP contribution in [0.1, 0.15) is 109 Å². The zero-order valence-corrected chi connectivity index (χ0v) is 20.8. The van der Waals surface area contributed by atoms with Gasteiger partial charge in [0, 0.05) is 17.7 Å². The lowest BCUT2D eigenvalue weighted by molar-refractivity contribution is -0.139. The average Bonchev–Trinajstić information content (AvgIpc) is 3.03. The molecule has 0 aliphatic heterocycles. The number of carbonyl (C=O) groups excluding carboxylic acids is 3. The normalized spacial score (nSPS) is 18.0. The Morgan fingerprint density at radius 2 is 1.77 bits per heavy atom. The number of carboxylic acid groups (broad SMARTS) is 1. The van der Waals surface area contributed by atoms with E-state index in [-0.39, 0.29) is 34.7 Å². The van der Waals surface area contributed by atoms with Crippen molar-refractivity contribution < 1.29 is 24.3 Å². The highest BCUT2D eigenvalue weighted by Gasteiger charge is 2.57. The second-order valence-electron chi connectivity index (χ2n) is 9.51. The quantitative estimate of drug-likeness (QED) is 0.328. The van der Waals surface area contributed by atoms with Gasteiger partial charge >= 0.3 is 5.97 Å². The fraction of sp³-hybridized carbons (Fsp3) is 0.429. The molecule has 1 aliphatic carbocycles. The Labute approximate surface area is 206 Å². The van der Waals surface area contributed by atoms with Crippen molar-refractivity contribution in [2.45, 2.75) is 77.2 Å². The van der Waals surface area contributed by atoms with Crippen LogP contribution in [-0.2, 0) is 15.1 Å². The number of carboxylic acids is 1. The van der Waals surface area contributed by atoms with Crippen LogP contribution in [0, 0.1) is 0 Å². The first-order chi connectivity index (χ1) is 16.6. The van der Waals surface area contributed by atoms with Gasteiger partial charge in [0.1, 0.15) is 0 Å². The van der Waals surface area contributed by atoms with Gasteiger partial charge in [-0.15, -0.1) is 0 Å². The number of aliphatic carboxylic acids is 1. The zero-order chi connectivity index (χ0) is 25.9. The summed E-state index contributed by atoms with van der Waals surface area (Å²) >= 11 is 0. The van der Waals surface area contributed by atoms with E-state index in [9.17, 15) is 24.3 Å². The van der Waals surface area contributed by atoms with Gasteiger partial charge in [-0.3, -0.25) is 19.2 Å². The largest absolute Gasteiger partial charge is 0.481 e. The van der Waals surface area contributed by atoms with E-state index < -0.39 is 34.9 Å². The van der Waals surface area contributed by atoms with Gasteiger partial charge in [-0.1, -0.05) is 70.9 Å². The number of rotatable bonds is 10. The molecule has 0 saturated carbocycles. The Hall–Kier alpha value is -3.48. The number of hydrogen-bond acceptors (Lipinski definition) is 5. The summed E-state index contributed by atoms with van der Waals surface area (Å²) in [5.41, 5.74) is 5.85. The lowest BCUT2D eigenvalue weighted by Gasteiger charge is -2.32. The number of hydrogen-bond donors (Lipinski definition) is 3. The minimum absolute atomic E-state index is 0.0644. The summed E-state index contributed by atoms with van der Waals surface area (Å²) < 4.78 is 0. The third-order valence-electron chi connectivity index (χ3n) is 6.73. The molecule has 0 saturated heterocycles. The number of nitrogen functional groups attached to an aromatic ring is 1. The van der Waals surface area contributed by atoms with Crippen LogP contribution >= 0.6 is 0 Å². The molecular weight excluding hydrogens is 444 g/mol. The maximum atomic E-state index is 14.0. The summed E-state index contributed by atoms with van der Waals surface area (Å²) in [6.07, 6.45) is 2.41. The molecule has 2 atom stereocenters. The fourth-order valence-corrected chi connectivity index (χ4v) is 4.81. The van der Waals surface area contributed by atoms with E-state index in [1.165, 1.54) is 6.07 Å². The van der Waals surface area contributed by atoms with Gasteiger partial charge in [0.15, 0.2) is 5.54 Å². The standard InChI is InChI=1S/C28H34N2O5/c1-5-7-12-23(31)30-28(25(32)19-10-8-11-22(29)24(19)26(28)33)21-14-13-17(16(3)4)15-20(21)18(9-6-2)27(34)35/h8,10-11,13-16,18H,5-7,9,12,29H2,1-4H3,(H,30,31)(H,34,35). The Kier molecular flexibility index (Phi) is 7.78. The highest BCUT2D eigenvalue weighted by Crippen LogP contribution is 2.44. The van der Waals surface area contributed by atoms with Crippen LogP contribution in [0.3, 0.4) is 0 Å². The second-order valence-corrected chi connectivity index (χ2v) is 9.51. The smallest absolute Gasteiger partial charge is 0.310 e. The summed E-state index contributed by atoms with van der Waals surface area (Å²) in [5.74, 6) is -3.55. The van der Waals surface area contributed by atoms with Gasteiger partial charge in [-0.25, -0.2) is 0 Å². The Morgan fingerprint density at radius 3 is 2.34 bits per heavy atom. The van der Waals surface area contributed by atoms with Crippen LogP contribution < -0.4 is 11.1 Å². The van der Waals surface area contributed by atoms with Gasteiger partial charge in [0.05, 0.1) is 11.5 Å². The Morgan fingerprint density at radius 1 is 1.06 bits per heavy atom. The molecule has 3 rings (SSSR count). The molecule has 0 spiro atoms. The highest BCUT2D eigenvalue weighted by molar-refractivity contribution is 6.35. The van der Waals surface area contributed by atoms with Crippen LogP contribution in [0.25, 0.3) is 0 Å². The first-order valence-electron chi connectivity index (χ1n) is 12.3. The Balaban J connectivity index is 2.34. The number of amides is 1. The molecule has 1 aliphatic rings. The zero-order valence-electron chi connectivity index (χ0n) is 20.8. The monoisotopic (exact) mass is 478 g/mol. The number of ketones is 2. The SMILES string of the molecule is CCCCC(=O)NC1(c2ccc(C(C)C)cc2C(CCC)C(=O)O)C(=O)c2cccc(N)c2C1=O. The van der Waals surface area contributed by atoms with Crippen LogP contribution in [-0.4, -0.2) is 28.5 Å². The van der Waals surface area contributed by atoms with Crippen molar-refractivity contribution in [2.24, 2.45) is 0 Å². The number of Topliss-reactive ketones (excluding diaryl/α,β-unsaturated/α-hetero) is 2. The summed E-state index contributed by atoms with van der Waals surface area (Å²) in [6, 6.07) is 9.85. The van der Waals surface area contributed by atoms with E-state index in [2.05, 4.69) is 5.32 Å². The van der Waals surface area contributed by atoms with E-state index in [0.717, 1.165) is 12.0 Å². The summed E-state index contributed by atoms with van der Waals surface area (Å²) in [7, 11) is 0. The van der Waals surface area contributed by atoms with Crippen LogP contribution in [0.4, 0.5) is 5.69 Å². The minimum atomic E-state index is -2.06. The maximum Gasteiger partial charge on any atom is 0.310 e. The highest BCUT2D eigenvalue weighted by atomic mass is 16.4. The van der Waals surface area contributed by atoms with E-state index >= 15 is 0 Å². The van der Waals surface area contributed by atoms with Gasteiger partial charge in [0.25, 0.3) is 0 Å². The molecule has 2 aromatic rings. The third-order valence-corrected chi connectivity index (χ3v) is 6.73. The van der Waals surface area contributed by atoms with Crippen molar-refractivity contribution in [1.82, 2.24) is 5.32 Å². The lowest BCUT2D eigenvalue weighted by atomic mass is 9.76. The van der Waals surface area contributed by atoms with Gasteiger partial charge < -0.3 is 16.2 Å². The van der Waals surface area contributed by atoms with E-state index in [1.807, 2.05) is 27.7 Å². The molecule has 1 amide bonds. The second kappa shape index (κ2) is 10.4. The number of fused-ring (bicyclic) bond motifs is 1. The lowest BCUT2D eigenvalue weighted by Crippen LogP contribution is -2.54. The van der Waals surface area contributed by atoms with Crippen LogP contribution in [0.15, 0.2) is 36.4 Å². The summed E-state index contributed by atoms with van der Waals surface area (Å²) in [6.45, 7) is 7.79. The fourth-order valence-electron chi connectivity index (χ4n) is 4.81. The average molecular weight is 479 g/mol. The molecule has 0 fully saturated rings. The molecule has 0 bridgehead atoms. The molecule has 7 heteroatoms. The minimum Gasteiger partial charge on any atom is -0.481 e. The molecular formula is C28H34N2O5. The molecule has 0 heterocycles. The number of nitrogens with one attached hydrogen (secondary N) is 1. The van der Waals surface area contributed by atoms with Gasteiger partial charge in [-0.05, 0) is 41.5 Å². The van der Waals surface area contributed by atoms with Crippen molar-refractivity contribution in [1.29, 1.82) is 0 Å². The number of anilines is 1. The van der Waals surface area contributed by atoms with Crippen molar-refractivity contribution >= 4 is 29.1 Å². The molecule has 0 aromatic heterocycles. The molecule has 186 valence electrons. The molecule has 4 N–H and O–H groups in total. The van der Waals surface area contributed by atoms with E-state index in [0.29, 0.717) is 24.8 Å². The topological polar surface area (TPSA) is 127 Å². The molecule has 0 radical (unpaired) electrons. The van der Waals surface area contributed by atoms with Crippen molar-refractivity contribution in [3.63, 3.8) is 0 Å².